The first-order valence-electron chi connectivity index (χ1n) is 11.5. The molecular weight excluding hydrogens is 440 g/mol. The van der Waals surface area contributed by atoms with Crippen molar-refractivity contribution < 1.29 is 29.4 Å². The van der Waals surface area contributed by atoms with Crippen molar-refractivity contribution in [1.82, 2.24) is 16.0 Å². The summed E-state index contributed by atoms with van der Waals surface area (Å²) < 4.78 is 0. The van der Waals surface area contributed by atoms with Crippen molar-refractivity contribution >= 4 is 23.7 Å². The summed E-state index contributed by atoms with van der Waals surface area (Å²) >= 11 is 0. The van der Waals surface area contributed by atoms with Crippen LogP contribution in [0.2, 0.25) is 0 Å². The van der Waals surface area contributed by atoms with E-state index in [0.717, 1.165) is 5.56 Å². The largest absolute Gasteiger partial charge is 0.480 e. The van der Waals surface area contributed by atoms with E-state index >= 15 is 0 Å². The maximum atomic E-state index is 13.1. The Hall–Kier alpha value is -2.98. The third kappa shape index (κ3) is 8.75. The van der Waals surface area contributed by atoms with Crippen LogP contribution in [-0.2, 0) is 25.6 Å². The summed E-state index contributed by atoms with van der Waals surface area (Å²) in [6.45, 7) is 8.34. The molecule has 1 rings (SSSR count). The highest BCUT2D eigenvalue weighted by atomic mass is 16.4. The molecule has 6 atom stereocenters. The fourth-order valence-electron chi connectivity index (χ4n) is 3.21. The fourth-order valence-corrected chi connectivity index (χ4v) is 3.21. The van der Waals surface area contributed by atoms with E-state index in [1.165, 1.54) is 6.92 Å². The second-order valence-corrected chi connectivity index (χ2v) is 8.96. The lowest BCUT2D eigenvalue weighted by molar-refractivity contribution is -0.144. The monoisotopic (exact) mass is 478 g/mol. The quantitative estimate of drug-likeness (QED) is 0.235. The summed E-state index contributed by atoms with van der Waals surface area (Å²) in [5.74, 6) is -3.80. The molecule has 6 unspecified atom stereocenters. The molecule has 0 fully saturated rings. The molecule has 1 aromatic carbocycles. The number of aliphatic hydroxyl groups is 1. The normalized spacial score (nSPS) is 16.5. The predicted molar refractivity (Wildman–Crippen MR) is 128 cm³/mol. The van der Waals surface area contributed by atoms with Gasteiger partial charge in [0.1, 0.15) is 18.1 Å². The Labute approximate surface area is 200 Å². The zero-order valence-electron chi connectivity index (χ0n) is 20.4. The van der Waals surface area contributed by atoms with Gasteiger partial charge in [0.15, 0.2) is 0 Å². The van der Waals surface area contributed by atoms with Gasteiger partial charge in [-0.1, -0.05) is 64.4 Å². The minimum Gasteiger partial charge on any atom is -0.480 e. The molecule has 190 valence electrons. The molecular formula is C24H38N4O6. The Bertz CT molecular complexity index is 830. The molecule has 0 radical (unpaired) electrons. The topological polar surface area (TPSA) is 171 Å². The molecule has 0 aliphatic rings. The molecule has 0 saturated carbocycles. The van der Waals surface area contributed by atoms with Crippen molar-refractivity contribution in [2.24, 2.45) is 17.6 Å². The third-order valence-corrected chi connectivity index (χ3v) is 5.78. The SMILES string of the molecule is CCC(C)C(NC(=O)C(NC(=O)C(Cc1ccccc1)NC(=O)C(N)C(C)C)C(C)O)C(=O)O. The molecule has 0 aliphatic carbocycles. The van der Waals surface area contributed by atoms with Gasteiger partial charge in [-0.05, 0) is 24.3 Å². The highest BCUT2D eigenvalue weighted by Crippen LogP contribution is 2.10. The van der Waals surface area contributed by atoms with Gasteiger partial charge < -0.3 is 31.9 Å². The maximum absolute atomic E-state index is 13.1. The highest BCUT2D eigenvalue weighted by Gasteiger charge is 2.34. The first kappa shape index (κ1) is 29.1. The average Bonchev–Trinajstić information content (AvgIpc) is 2.79. The van der Waals surface area contributed by atoms with E-state index in [9.17, 15) is 29.4 Å². The molecule has 1 aromatic rings. The van der Waals surface area contributed by atoms with Gasteiger partial charge in [-0.3, -0.25) is 14.4 Å². The van der Waals surface area contributed by atoms with E-state index in [0.29, 0.717) is 6.42 Å². The summed E-state index contributed by atoms with van der Waals surface area (Å²) in [6.07, 6.45) is -0.687. The Balaban J connectivity index is 3.09. The number of amides is 3. The standard InChI is InChI=1S/C24H38N4O6/c1-6-14(4)19(24(33)34)27-23(32)20(15(5)29)28-21(30)17(12-16-10-8-7-9-11-16)26-22(31)18(25)13(2)3/h7-11,13-15,17-20,29H,6,12,25H2,1-5H3,(H,26,31)(H,27,32)(H,28,30)(H,33,34). The number of carbonyl (C=O) groups is 4. The number of carboxylic acid groups (broad SMARTS) is 1. The Morgan fingerprint density at radius 1 is 0.882 bits per heavy atom. The molecule has 34 heavy (non-hydrogen) atoms. The summed E-state index contributed by atoms with van der Waals surface area (Å²) in [7, 11) is 0. The van der Waals surface area contributed by atoms with Crippen LogP contribution in [-0.4, -0.2) is 64.2 Å². The Morgan fingerprint density at radius 3 is 1.91 bits per heavy atom. The minimum atomic E-state index is -1.42. The van der Waals surface area contributed by atoms with Gasteiger partial charge in [-0.15, -0.1) is 0 Å². The zero-order chi connectivity index (χ0) is 26.0. The van der Waals surface area contributed by atoms with Gasteiger partial charge in [0.05, 0.1) is 12.1 Å². The molecule has 0 aromatic heterocycles. The third-order valence-electron chi connectivity index (χ3n) is 5.78. The highest BCUT2D eigenvalue weighted by molar-refractivity contribution is 5.94. The van der Waals surface area contributed by atoms with Crippen LogP contribution >= 0.6 is 0 Å². The van der Waals surface area contributed by atoms with Crippen molar-refractivity contribution in [3.63, 3.8) is 0 Å². The van der Waals surface area contributed by atoms with Gasteiger partial charge in [-0.2, -0.15) is 0 Å². The van der Waals surface area contributed by atoms with Crippen LogP contribution in [0.25, 0.3) is 0 Å². The van der Waals surface area contributed by atoms with E-state index in [-0.39, 0.29) is 18.3 Å². The zero-order valence-corrected chi connectivity index (χ0v) is 20.4. The predicted octanol–water partition coefficient (Wildman–Crippen LogP) is 0.178. The maximum Gasteiger partial charge on any atom is 0.326 e. The molecule has 0 heterocycles. The molecule has 0 spiro atoms. The Morgan fingerprint density at radius 2 is 1.44 bits per heavy atom. The minimum absolute atomic E-state index is 0.127. The van der Waals surface area contributed by atoms with Crippen LogP contribution in [0.1, 0.15) is 46.6 Å². The summed E-state index contributed by atoms with van der Waals surface area (Å²) in [5, 5.41) is 27.1. The van der Waals surface area contributed by atoms with Gasteiger partial charge in [0, 0.05) is 6.42 Å². The molecule has 0 bridgehead atoms. The number of hydrogen-bond donors (Lipinski definition) is 6. The summed E-state index contributed by atoms with van der Waals surface area (Å²) in [5.41, 5.74) is 6.69. The van der Waals surface area contributed by atoms with Crippen molar-refractivity contribution in [1.29, 1.82) is 0 Å². The van der Waals surface area contributed by atoms with E-state index in [1.807, 2.05) is 6.07 Å². The lowest BCUT2D eigenvalue weighted by atomic mass is 9.98. The van der Waals surface area contributed by atoms with E-state index < -0.39 is 54.0 Å². The number of benzene rings is 1. The van der Waals surface area contributed by atoms with Crippen LogP contribution in [0.15, 0.2) is 30.3 Å². The number of carboxylic acids is 1. The first-order valence-corrected chi connectivity index (χ1v) is 11.5. The van der Waals surface area contributed by atoms with Gasteiger partial charge in [0.2, 0.25) is 17.7 Å². The molecule has 0 aliphatic heterocycles. The lowest BCUT2D eigenvalue weighted by Gasteiger charge is -2.28. The van der Waals surface area contributed by atoms with Crippen molar-refractivity contribution in [2.45, 2.75) is 77.7 Å². The van der Waals surface area contributed by atoms with Crippen LogP contribution in [0.4, 0.5) is 0 Å². The number of aliphatic carboxylic acids is 1. The van der Waals surface area contributed by atoms with Crippen molar-refractivity contribution in [2.75, 3.05) is 0 Å². The number of rotatable bonds is 13. The second-order valence-electron chi connectivity index (χ2n) is 8.96. The van der Waals surface area contributed by atoms with Crippen molar-refractivity contribution in [3.8, 4) is 0 Å². The van der Waals surface area contributed by atoms with Crippen molar-refractivity contribution in [3.05, 3.63) is 35.9 Å². The number of hydrogen-bond acceptors (Lipinski definition) is 6. The van der Waals surface area contributed by atoms with E-state index in [1.54, 1.807) is 52.0 Å². The number of carbonyl (C=O) groups excluding carboxylic acids is 3. The number of aliphatic hydroxyl groups excluding tert-OH is 1. The Kier molecular flexibility index (Phi) is 11.7. The molecule has 10 nitrogen and oxygen atoms in total. The summed E-state index contributed by atoms with van der Waals surface area (Å²) in [4.78, 5) is 50.1. The van der Waals surface area contributed by atoms with Gasteiger partial charge in [-0.25, -0.2) is 4.79 Å². The van der Waals surface area contributed by atoms with Crippen LogP contribution in [0, 0.1) is 11.8 Å². The molecule has 10 heteroatoms. The van der Waals surface area contributed by atoms with E-state index in [2.05, 4.69) is 16.0 Å². The van der Waals surface area contributed by atoms with Gasteiger partial charge in [0.25, 0.3) is 0 Å². The first-order chi connectivity index (χ1) is 15.9. The average molecular weight is 479 g/mol. The van der Waals surface area contributed by atoms with Crippen LogP contribution in [0.3, 0.4) is 0 Å². The number of nitrogens with one attached hydrogen (secondary N) is 3. The molecule has 3 amide bonds. The van der Waals surface area contributed by atoms with Gasteiger partial charge >= 0.3 is 5.97 Å². The molecule has 0 saturated heterocycles. The van der Waals surface area contributed by atoms with Crippen LogP contribution in [0.5, 0.6) is 0 Å². The smallest absolute Gasteiger partial charge is 0.326 e. The van der Waals surface area contributed by atoms with E-state index in [4.69, 9.17) is 5.73 Å². The lowest BCUT2D eigenvalue weighted by Crippen LogP contribution is -2.61. The molecule has 7 N–H and O–H groups in total. The summed E-state index contributed by atoms with van der Waals surface area (Å²) in [6, 6.07) is 4.46. The number of nitrogens with two attached hydrogens (primary N) is 1. The van der Waals surface area contributed by atoms with Crippen LogP contribution < -0.4 is 21.7 Å². The second kappa shape index (κ2) is 13.7. The fraction of sp³-hybridized carbons (Fsp3) is 0.583.